The van der Waals surface area contributed by atoms with E-state index in [1.165, 1.54) is 15.5 Å². The predicted octanol–water partition coefficient (Wildman–Crippen LogP) is 9.46. The molecular formula is C36H22N4S. The summed E-state index contributed by atoms with van der Waals surface area (Å²) in [5.74, 6) is 1.96. The van der Waals surface area contributed by atoms with Gasteiger partial charge in [-0.05, 0) is 28.3 Å². The number of benzene rings is 6. The van der Waals surface area contributed by atoms with Gasteiger partial charge in [0.15, 0.2) is 17.5 Å². The van der Waals surface area contributed by atoms with Crippen molar-refractivity contribution in [1.29, 1.82) is 0 Å². The maximum atomic E-state index is 5.07. The molecule has 4 nitrogen and oxygen atoms in total. The minimum Gasteiger partial charge on any atom is -0.236 e. The average Bonchev–Trinajstić information content (AvgIpc) is 3.50. The summed E-state index contributed by atoms with van der Waals surface area (Å²) in [5, 5.41) is 5.68. The molecule has 0 radical (unpaired) electrons. The molecule has 6 aromatic carbocycles. The first kappa shape index (κ1) is 23.6. The van der Waals surface area contributed by atoms with Crippen LogP contribution in [0.25, 0.3) is 76.5 Å². The second kappa shape index (κ2) is 9.73. The third-order valence-corrected chi connectivity index (χ3v) is 8.51. The van der Waals surface area contributed by atoms with Crippen molar-refractivity contribution in [3.63, 3.8) is 0 Å². The topological polar surface area (TPSA) is 51.6 Å². The molecule has 0 aliphatic carbocycles. The molecule has 0 amide bonds. The van der Waals surface area contributed by atoms with Crippen molar-refractivity contribution < 1.29 is 0 Å². The normalized spacial score (nSPS) is 11.4. The van der Waals surface area contributed by atoms with Gasteiger partial charge in [-0.2, -0.15) is 0 Å². The SMILES string of the molecule is c1ccc(-c2nc(-c3ccccc3)nc(-c3ccc(-c4nc5ccc6ccccc6c5s4)c4ccccc34)n2)cc1. The van der Waals surface area contributed by atoms with Crippen LogP contribution in [0.3, 0.4) is 0 Å². The van der Waals surface area contributed by atoms with Crippen LogP contribution in [0.15, 0.2) is 133 Å². The first-order valence-corrected chi connectivity index (χ1v) is 14.3. The van der Waals surface area contributed by atoms with Crippen LogP contribution in [0, 0.1) is 0 Å². The predicted molar refractivity (Wildman–Crippen MR) is 170 cm³/mol. The maximum Gasteiger partial charge on any atom is 0.164 e. The quantitative estimate of drug-likeness (QED) is 0.222. The summed E-state index contributed by atoms with van der Waals surface area (Å²) >= 11 is 1.74. The second-order valence-electron chi connectivity index (χ2n) is 9.90. The molecule has 8 rings (SSSR count). The van der Waals surface area contributed by atoms with Crippen molar-refractivity contribution in [1.82, 2.24) is 19.9 Å². The highest BCUT2D eigenvalue weighted by Crippen LogP contribution is 2.40. The Bertz CT molecular complexity index is 2150. The van der Waals surface area contributed by atoms with Gasteiger partial charge in [-0.1, -0.05) is 121 Å². The smallest absolute Gasteiger partial charge is 0.164 e. The van der Waals surface area contributed by atoms with Gasteiger partial charge in [0, 0.05) is 27.6 Å². The number of nitrogens with zero attached hydrogens (tertiary/aromatic N) is 4. The monoisotopic (exact) mass is 542 g/mol. The Morgan fingerprint density at radius 2 is 0.927 bits per heavy atom. The lowest BCUT2D eigenvalue weighted by molar-refractivity contribution is 1.08. The molecule has 0 aliphatic heterocycles. The van der Waals surface area contributed by atoms with Gasteiger partial charge >= 0.3 is 0 Å². The number of hydrogen-bond donors (Lipinski definition) is 0. The Morgan fingerprint density at radius 3 is 1.61 bits per heavy atom. The lowest BCUT2D eigenvalue weighted by Crippen LogP contribution is -2.00. The second-order valence-corrected chi connectivity index (χ2v) is 10.9. The van der Waals surface area contributed by atoms with Gasteiger partial charge in [-0.3, -0.25) is 0 Å². The Balaban J connectivity index is 1.33. The van der Waals surface area contributed by atoms with E-state index in [9.17, 15) is 0 Å². The van der Waals surface area contributed by atoms with E-state index in [1.54, 1.807) is 11.3 Å². The van der Waals surface area contributed by atoms with Crippen molar-refractivity contribution >= 4 is 43.1 Å². The molecule has 0 saturated carbocycles. The summed E-state index contributed by atoms with van der Waals surface area (Å²) < 4.78 is 1.21. The van der Waals surface area contributed by atoms with Crippen LogP contribution in [-0.2, 0) is 0 Å². The van der Waals surface area contributed by atoms with Crippen molar-refractivity contribution in [2.45, 2.75) is 0 Å². The number of thiazole rings is 1. The summed E-state index contributed by atoms with van der Waals surface area (Å²) in [6, 6.07) is 45.7. The molecule has 0 N–H and O–H groups in total. The molecule has 0 fully saturated rings. The molecule has 0 saturated heterocycles. The molecule has 41 heavy (non-hydrogen) atoms. The van der Waals surface area contributed by atoms with E-state index < -0.39 is 0 Å². The first-order valence-electron chi connectivity index (χ1n) is 13.5. The van der Waals surface area contributed by atoms with Gasteiger partial charge in [0.25, 0.3) is 0 Å². The zero-order chi connectivity index (χ0) is 27.2. The van der Waals surface area contributed by atoms with Crippen LogP contribution in [0.4, 0.5) is 0 Å². The van der Waals surface area contributed by atoms with Crippen molar-refractivity contribution in [2.24, 2.45) is 0 Å². The zero-order valence-corrected chi connectivity index (χ0v) is 22.7. The molecule has 192 valence electrons. The molecule has 2 heterocycles. The fraction of sp³-hybridized carbons (Fsp3) is 0. The van der Waals surface area contributed by atoms with Crippen molar-refractivity contribution in [2.75, 3.05) is 0 Å². The largest absolute Gasteiger partial charge is 0.236 e. The average molecular weight is 543 g/mol. The van der Waals surface area contributed by atoms with Crippen LogP contribution >= 0.6 is 11.3 Å². The number of hydrogen-bond acceptors (Lipinski definition) is 5. The third-order valence-electron chi connectivity index (χ3n) is 7.37. The lowest BCUT2D eigenvalue weighted by Gasteiger charge is -2.12. The third kappa shape index (κ3) is 4.15. The summed E-state index contributed by atoms with van der Waals surface area (Å²) in [5.41, 5.74) is 5.00. The molecule has 0 aliphatic rings. The van der Waals surface area contributed by atoms with Gasteiger partial charge < -0.3 is 0 Å². The summed E-state index contributed by atoms with van der Waals surface area (Å²) in [6.07, 6.45) is 0. The Kier molecular flexibility index (Phi) is 5.61. The number of aromatic nitrogens is 4. The molecule has 8 aromatic rings. The van der Waals surface area contributed by atoms with Crippen LogP contribution in [-0.4, -0.2) is 19.9 Å². The van der Waals surface area contributed by atoms with Crippen molar-refractivity contribution in [3.05, 3.63) is 133 Å². The standard InChI is InChI=1S/C36H22N4S/c1-3-12-24(13-4-1)33-38-34(25-14-5-2-6-15-25)40-35(39-33)29-20-21-30(28-18-10-9-17-27(28)29)36-37-31-22-19-23-11-7-8-16-26(23)32(31)41-36/h1-22H. The highest BCUT2D eigenvalue weighted by atomic mass is 32.1. The zero-order valence-electron chi connectivity index (χ0n) is 21.9. The highest BCUT2D eigenvalue weighted by molar-refractivity contribution is 7.22. The minimum absolute atomic E-state index is 0.649. The molecule has 2 aromatic heterocycles. The van der Waals surface area contributed by atoms with E-state index in [0.29, 0.717) is 17.5 Å². The van der Waals surface area contributed by atoms with Gasteiger partial charge in [-0.15, -0.1) is 11.3 Å². The Morgan fingerprint density at radius 1 is 0.390 bits per heavy atom. The Labute approximate surface area is 240 Å². The van der Waals surface area contributed by atoms with E-state index in [2.05, 4.69) is 72.8 Å². The van der Waals surface area contributed by atoms with Crippen molar-refractivity contribution in [3.8, 4) is 44.7 Å². The first-order chi connectivity index (χ1) is 20.3. The number of fused-ring (bicyclic) bond motifs is 4. The maximum absolute atomic E-state index is 5.07. The van der Waals surface area contributed by atoms with E-state index in [4.69, 9.17) is 19.9 Å². The van der Waals surface area contributed by atoms with E-state index in [0.717, 1.165) is 43.6 Å². The summed E-state index contributed by atoms with van der Waals surface area (Å²) in [4.78, 5) is 19.9. The molecule has 0 unspecified atom stereocenters. The molecule has 5 heteroatoms. The highest BCUT2D eigenvalue weighted by Gasteiger charge is 2.17. The molecular weight excluding hydrogens is 520 g/mol. The van der Waals surface area contributed by atoms with E-state index in [1.807, 2.05) is 60.7 Å². The minimum atomic E-state index is 0.649. The van der Waals surface area contributed by atoms with Gasteiger partial charge in [0.1, 0.15) is 5.01 Å². The molecule has 0 atom stereocenters. The lowest BCUT2D eigenvalue weighted by atomic mass is 9.99. The Hall–Kier alpha value is -5.26. The van der Waals surface area contributed by atoms with Gasteiger partial charge in [0.05, 0.1) is 10.2 Å². The van der Waals surface area contributed by atoms with Gasteiger partial charge in [0.2, 0.25) is 0 Å². The summed E-state index contributed by atoms with van der Waals surface area (Å²) in [7, 11) is 0. The summed E-state index contributed by atoms with van der Waals surface area (Å²) in [6.45, 7) is 0. The number of rotatable bonds is 4. The molecule has 0 bridgehead atoms. The van der Waals surface area contributed by atoms with Crippen LogP contribution in [0.1, 0.15) is 0 Å². The fourth-order valence-corrected chi connectivity index (χ4v) is 6.52. The van der Waals surface area contributed by atoms with Gasteiger partial charge in [-0.25, -0.2) is 19.9 Å². The van der Waals surface area contributed by atoms with Crippen LogP contribution in [0.2, 0.25) is 0 Å². The van der Waals surface area contributed by atoms with Crippen LogP contribution in [0.5, 0.6) is 0 Å². The van der Waals surface area contributed by atoms with Crippen LogP contribution < -0.4 is 0 Å². The van der Waals surface area contributed by atoms with E-state index >= 15 is 0 Å². The fourth-order valence-electron chi connectivity index (χ4n) is 5.38. The van der Waals surface area contributed by atoms with E-state index in [-0.39, 0.29) is 0 Å². The molecule has 0 spiro atoms.